The number of carbonyl (C=O) groups excluding carboxylic acids is 2. The van der Waals surface area contributed by atoms with Gasteiger partial charge >= 0.3 is 12.5 Å². The fourth-order valence-corrected chi connectivity index (χ4v) is 3.10. The fraction of sp³-hybridized carbons (Fsp3) is 0.318. The summed E-state index contributed by atoms with van der Waals surface area (Å²) >= 11 is 0. The summed E-state index contributed by atoms with van der Waals surface area (Å²) in [5.74, 6) is -0.960. The topological polar surface area (TPSA) is 82.4 Å². The second-order valence-corrected chi connectivity index (χ2v) is 7.20. The van der Waals surface area contributed by atoms with E-state index in [4.69, 9.17) is 9.47 Å². The van der Waals surface area contributed by atoms with Crippen LogP contribution in [0.15, 0.2) is 48.5 Å². The molecule has 1 amide bonds. The van der Waals surface area contributed by atoms with E-state index in [2.05, 4.69) is 10.3 Å². The van der Waals surface area contributed by atoms with Gasteiger partial charge in [-0.1, -0.05) is 26.0 Å². The van der Waals surface area contributed by atoms with Crippen LogP contribution in [-0.4, -0.2) is 34.6 Å². The normalized spacial score (nSPS) is 12.2. The Morgan fingerprint density at radius 3 is 2.39 bits per heavy atom. The molecular weight excluding hydrogens is 408 g/mol. The van der Waals surface area contributed by atoms with Crippen LogP contribution in [0.5, 0.6) is 5.75 Å². The number of hydrogen-bond donors (Lipinski definition) is 1. The molecule has 0 bridgehead atoms. The number of imidazole rings is 1. The van der Waals surface area contributed by atoms with Gasteiger partial charge in [0, 0.05) is 5.56 Å². The molecule has 0 unspecified atom stereocenters. The van der Waals surface area contributed by atoms with Crippen LogP contribution in [0.4, 0.5) is 8.78 Å². The number of nitrogens with one attached hydrogen (secondary N) is 1. The minimum atomic E-state index is -2.84. The molecule has 31 heavy (non-hydrogen) atoms. The molecule has 0 saturated carbocycles. The number of rotatable bonds is 8. The molecule has 0 spiro atoms. The molecule has 0 saturated heterocycles. The van der Waals surface area contributed by atoms with Crippen molar-refractivity contribution in [3.05, 3.63) is 59.9 Å². The first-order valence-corrected chi connectivity index (χ1v) is 9.67. The highest BCUT2D eigenvalue weighted by Gasteiger charge is 2.27. The summed E-state index contributed by atoms with van der Waals surface area (Å²) in [5, 5.41) is 2.64. The van der Waals surface area contributed by atoms with Gasteiger partial charge < -0.3 is 14.8 Å². The minimum absolute atomic E-state index is 0.0754. The molecule has 164 valence electrons. The minimum Gasteiger partial charge on any atom is -0.497 e. The zero-order chi connectivity index (χ0) is 22.5. The third kappa shape index (κ3) is 4.99. The van der Waals surface area contributed by atoms with E-state index in [9.17, 15) is 18.4 Å². The molecule has 9 heteroatoms. The number of alkyl halides is 2. The van der Waals surface area contributed by atoms with E-state index >= 15 is 0 Å². The van der Waals surface area contributed by atoms with Crippen molar-refractivity contribution < 1.29 is 27.8 Å². The van der Waals surface area contributed by atoms with E-state index in [1.165, 1.54) is 13.2 Å². The van der Waals surface area contributed by atoms with Crippen molar-refractivity contribution in [2.75, 3.05) is 7.11 Å². The molecule has 0 aliphatic rings. The molecule has 2 aromatic carbocycles. The third-order valence-electron chi connectivity index (χ3n) is 4.77. The molecule has 3 rings (SSSR count). The quantitative estimate of drug-likeness (QED) is 0.547. The summed E-state index contributed by atoms with van der Waals surface area (Å²) in [7, 11) is 1.52. The molecule has 3 aromatic rings. The summed E-state index contributed by atoms with van der Waals surface area (Å²) in [6.07, 6.45) is 0. The van der Waals surface area contributed by atoms with Gasteiger partial charge in [0.05, 0.1) is 18.1 Å². The van der Waals surface area contributed by atoms with Crippen LogP contribution in [0.3, 0.4) is 0 Å². The Morgan fingerprint density at radius 2 is 1.77 bits per heavy atom. The van der Waals surface area contributed by atoms with E-state index < -0.39 is 31.1 Å². The highest BCUT2D eigenvalue weighted by molar-refractivity contribution is 5.97. The Bertz CT molecular complexity index is 1060. The van der Waals surface area contributed by atoms with Gasteiger partial charge in [-0.2, -0.15) is 8.78 Å². The second kappa shape index (κ2) is 9.55. The molecule has 1 N–H and O–H groups in total. The lowest BCUT2D eigenvalue weighted by Crippen LogP contribution is -2.45. The van der Waals surface area contributed by atoms with Gasteiger partial charge in [-0.3, -0.25) is 9.36 Å². The zero-order valence-corrected chi connectivity index (χ0v) is 17.3. The molecule has 0 aliphatic carbocycles. The molecule has 0 fully saturated rings. The highest BCUT2D eigenvalue weighted by Crippen LogP contribution is 2.23. The molecule has 0 radical (unpaired) electrons. The zero-order valence-electron chi connectivity index (χ0n) is 17.3. The number of methoxy groups -OCH3 is 1. The number of carbonyl (C=O) groups is 2. The van der Waals surface area contributed by atoms with Crippen molar-refractivity contribution in [3.8, 4) is 5.75 Å². The molecule has 1 aromatic heterocycles. The summed E-state index contributed by atoms with van der Waals surface area (Å²) in [5.41, 5.74) is 0.970. The Labute approximate surface area is 178 Å². The maximum absolute atomic E-state index is 13.5. The highest BCUT2D eigenvalue weighted by atomic mass is 19.3. The fourth-order valence-electron chi connectivity index (χ4n) is 3.10. The van der Waals surface area contributed by atoms with Crippen LogP contribution >= 0.6 is 0 Å². The smallest absolute Gasteiger partial charge is 0.329 e. The van der Waals surface area contributed by atoms with Gasteiger partial charge in [0.1, 0.15) is 18.4 Å². The predicted octanol–water partition coefficient (Wildman–Crippen LogP) is 3.94. The van der Waals surface area contributed by atoms with Crippen LogP contribution in [0.25, 0.3) is 11.0 Å². The maximum Gasteiger partial charge on any atom is 0.329 e. The number of hydrogen-bond acceptors (Lipinski definition) is 5. The number of halogens is 2. The van der Waals surface area contributed by atoms with Gasteiger partial charge in [0.25, 0.3) is 5.91 Å². The number of esters is 1. The van der Waals surface area contributed by atoms with E-state index in [0.29, 0.717) is 16.8 Å². The van der Waals surface area contributed by atoms with Crippen LogP contribution in [0.1, 0.15) is 36.6 Å². The lowest BCUT2D eigenvalue weighted by atomic mass is 10.0. The number of amides is 1. The van der Waals surface area contributed by atoms with Gasteiger partial charge in [-0.15, -0.1) is 0 Å². The number of aromatic nitrogens is 2. The van der Waals surface area contributed by atoms with Crippen LogP contribution in [0, 0.1) is 5.92 Å². The lowest BCUT2D eigenvalue weighted by molar-refractivity contribution is -0.149. The van der Waals surface area contributed by atoms with Gasteiger partial charge in [-0.25, -0.2) is 9.78 Å². The molecule has 0 aliphatic heterocycles. The first kappa shape index (κ1) is 22.2. The van der Waals surface area contributed by atoms with Crippen molar-refractivity contribution >= 4 is 22.9 Å². The Morgan fingerprint density at radius 1 is 1.10 bits per heavy atom. The van der Waals surface area contributed by atoms with Gasteiger partial charge in [-0.05, 0) is 42.3 Å². The number of para-hydroxylation sites is 2. The second-order valence-electron chi connectivity index (χ2n) is 7.20. The molecule has 7 nitrogen and oxygen atoms in total. The average Bonchev–Trinajstić information content (AvgIpc) is 3.14. The Balaban J connectivity index is 1.72. The van der Waals surface area contributed by atoms with Crippen LogP contribution in [-0.2, 0) is 16.1 Å². The van der Waals surface area contributed by atoms with Crippen molar-refractivity contribution in [3.63, 3.8) is 0 Å². The molecular formula is C22H23F2N3O4. The predicted molar refractivity (Wildman–Crippen MR) is 110 cm³/mol. The molecule has 1 atom stereocenters. The number of benzene rings is 2. The maximum atomic E-state index is 13.5. The Hall–Kier alpha value is -3.49. The van der Waals surface area contributed by atoms with Gasteiger partial charge in [0.15, 0.2) is 5.82 Å². The van der Waals surface area contributed by atoms with Gasteiger partial charge in [0.2, 0.25) is 0 Å². The van der Waals surface area contributed by atoms with E-state index in [1.807, 2.05) is 0 Å². The van der Waals surface area contributed by atoms with Crippen molar-refractivity contribution in [1.29, 1.82) is 0 Å². The number of fused-ring (bicyclic) bond motifs is 1. The third-order valence-corrected chi connectivity index (χ3v) is 4.77. The van der Waals surface area contributed by atoms with Crippen molar-refractivity contribution in [2.24, 2.45) is 5.92 Å². The van der Waals surface area contributed by atoms with Crippen LogP contribution < -0.4 is 10.1 Å². The standard InChI is InChI=1S/C22H23F2N3O4/c1-13(2)19(26-20(28)14-8-10-15(30-3)11-9-14)21(29)31-12-18-25-16-6-4-5-7-17(16)27(18)22(23)24/h4-11,13,19,22H,12H2,1-3H3,(H,26,28)/t19-/m0/s1. The van der Waals surface area contributed by atoms with E-state index in [0.717, 1.165) is 4.57 Å². The van der Waals surface area contributed by atoms with Crippen molar-refractivity contribution in [1.82, 2.24) is 14.9 Å². The lowest BCUT2D eigenvalue weighted by Gasteiger charge is -2.21. The largest absolute Gasteiger partial charge is 0.497 e. The SMILES string of the molecule is COc1ccc(C(=O)N[C@H](C(=O)OCc2nc3ccccc3n2C(F)F)C(C)C)cc1. The van der Waals surface area contributed by atoms with Crippen LogP contribution in [0.2, 0.25) is 0 Å². The summed E-state index contributed by atoms with van der Waals surface area (Å²) in [4.78, 5) is 29.3. The number of nitrogens with zero attached hydrogens (tertiary/aromatic N) is 2. The summed E-state index contributed by atoms with van der Waals surface area (Å²) < 4.78 is 38.1. The van der Waals surface area contributed by atoms with E-state index in [1.54, 1.807) is 56.3 Å². The average molecular weight is 431 g/mol. The summed E-state index contributed by atoms with van der Waals surface area (Å²) in [6, 6.07) is 11.9. The van der Waals surface area contributed by atoms with Crippen molar-refractivity contribution in [2.45, 2.75) is 33.0 Å². The molecule has 1 heterocycles. The Kier molecular flexibility index (Phi) is 6.84. The summed E-state index contributed by atoms with van der Waals surface area (Å²) in [6.45, 7) is 0.208. The van der Waals surface area contributed by atoms with E-state index in [-0.39, 0.29) is 17.3 Å². The first-order valence-electron chi connectivity index (χ1n) is 9.67. The monoisotopic (exact) mass is 431 g/mol. The first-order chi connectivity index (χ1) is 14.8. The number of ether oxygens (including phenoxy) is 2.